The summed E-state index contributed by atoms with van der Waals surface area (Å²) in [6, 6.07) is 18.3. The summed E-state index contributed by atoms with van der Waals surface area (Å²) < 4.78 is 0.776. The standard InChI is InChI=1S/C21H22N4O2S2/c1-14(2)17(22-18(26)16-11-7-4-8-12-16)19(27)23-20-24-25-21(29-20)28-13-15-9-5-3-6-10-15/h3-12,14,17H,13H2,1-2H3,(H,22,26)(H,23,24,27). The van der Waals surface area contributed by atoms with Gasteiger partial charge in [-0.15, -0.1) is 10.2 Å². The minimum atomic E-state index is -0.674. The van der Waals surface area contributed by atoms with Crippen LogP contribution in [0, 0.1) is 5.92 Å². The molecule has 0 radical (unpaired) electrons. The summed E-state index contributed by atoms with van der Waals surface area (Å²) in [4.78, 5) is 25.1. The average molecular weight is 427 g/mol. The molecule has 0 aliphatic carbocycles. The zero-order valence-corrected chi connectivity index (χ0v) is 17.8. The van der Waals surface area contributed by atoms with E-state index in [9.17, 15) is 9.59 Å². The molecule has 0 aliphatic rings. The molecule has 0 bridgehead atoms. The van der Waals surface area contributed by atoms with Gasteiger partial charge in [0.25, 0.3) is 5.91 Å². The fraction of sp³-hybridized carbons (Fsp3) is 0.238. The van der Waals surface area contributed by atoms with Gasteiger partial charge in [-0.3, -0.25) is 14.9 Å². The van der Waals surface area contributed by atoms with Gasteiger partial charge in [-0.1, -0.05) is 85.5 Å². The van der Waals surface area contributed by atoms with Crippen LogP contribution in [0.5, 0.6) is 0 Å². The van der Waals surface area contributed by atoms with Crippen LogP contribution in [-0.2, 0) is 10.5 Å². The third-order valence-corrected chi connectivity index (χ3v) is 6.16. The highest BCUT2D eigenvalue weighted by molar-refractivity contribution is 8.00. The van der Waals surface area contributed by atoms with E-state index in [0.29, 0.717) is 10.7 Å². The zero-order chi connectivity index (χ0) is 20.6. The van der Waals surface area contributed by atoms with Crippen LogP contribution in [0.1, 0.15) is 29.8 Å². The van der Waals surface area contributed by atoms with Crippen LogP contribution >= 0.6 is 23.1 Å². The first-order chi connectivity index (χ1) is 14.0. The van der Waals surface area contributed by atoms with E-state index < -0.39 is 6.04 Å². The second kappa shape index (κ2) is 10.2. The van der Waals surface area contributed by atoms with Gasteiger partial charge in [-0.2, -0.15) is 0 Å². The van der Waals surface area contributed by atoms with Crippen LogP contribution in [0.25, 0.3) is 0 Å². The lowest BCUT2D eigenvalue weighted by molar-refractivity contribution is -0.118. The molecule has 0 fully saturated rings. The molecule has 29 heavy (non-hydrogen) atoms. The third-order valence-electron chi connectivity index (χ3n) is 4.11. The molecular weight excluding hydrogens is 404 g/mol. The van der Waals surface area contributed by atoms with Crippen molar-refractivity contribution >= 4 is 40.0 Å². The summed E-state index contributed by atoms with van der Waals surface area (Å²) in [6.45, 7) is 3.77. The largest absolute Gasteiger partial charge is 0.340 e. The number of amides is 2. The molecule has 1 aromatic heterocycles. The van der Waals surface area contributed by atoms with Gasteiger partial charge in [-0.05, 0) is 23.6 Å². The molecule has 0 aliphatic heterocycles. The van der Waals surface area contributed by atoms with Crippen LogP contribution in [-0.4, -0.2) is 28.1 Å². The maximum Gasteiger partial charge on any atom is 0.251 e. The molecule has 3 rings (SSSR count). The predicted octanol–water partition coefficient (Wildman–Crippen LogP) is 4.22. The van der Waals surface area contributed by atoms with Gasteiger partial charge in [0.15, 0.2) is 4.34 Å². The highest BCUT2D eigenvalue weighted by Crippen LogP contribution is 2.28. The minimum absolute atomic E-state index is 0.0810. The molecule has 1 atom stereocenters. The van der Waals surface area contributed by atoms with E-state index in [4.69, 9.17) is 0 Å². The van der Waals surface area contributed by atoms with Crippen molar-refractivity contribution in [3.05, 3.63) is 71.8 Å². The number of hydrogen-bond donors (Lipinski definition) is 2. The van der Waals surface area contributed by atoms with Gasteiger partial charge in [0.2, 0.25) is 11.0 Å². The molecule has 8 heteroatoms. The number of carbonyl (C=O) groups excluding carboxylic acids is 2. The molecule has 0 spiro atoms. The van der Waals surface area contributed by atoms with Crippen molar-refractivity contribution in [3.63, 3.8) is 0 Å². The van der Waals surface area contributed by atoms with Crippen LogP contribution in [0.15, 0.2) is 65.0 Å². The lowest BCUT2D eigenvalue weighted by atomic mass is 10.0. The van der Waals surface area contributed by atoms with E-state index in [0.717, 1.165) is 10.1 Å². The highest BCUT2D eigenvalue weighted by atomic mass is 32.2. The van der Waals surface area contributed by atoms with Crippen molar-refractivity contribution in [2.45, 2.75) is 30.0 Å². The minimum Gasteiger partial charge on any atom is -0.340 e. The first kappa shape index (κ1) is 21.0. The monoisotopic (exact) mass is 426 g/mol. The second-order valence-corrected chi connectivity index (χ2v) is 8.90. The number of aromatic nitrogens is 2. The molecule has 2 aromatic carbocycles. The van der Waals surface area contributed by atoms with E-state index >= 15 is 0 Å². The van der Waals surface area contributed by atoms with Crippen molar-refractivity contribution in [3.8, 4) is 0 Å². The Labute approximate surface area is 178 Å². The maximum absolute atomic E-state index is 12.7. The smallest absolute Gasteiger partial charge is 0.251 e. The number of anilines is 1. The molecule has 2 N–H and O–H groups in total. The Hall–Kier alpha value is -2.71. The average Bonchev–Trinajstić information content (AvgIpc) is 3.18. The van der Waals surface area contributed by atoms with Gasteiger partial charge in [-0.25, -0.2) is 0 Å². The molecule has 1 heterocycles. The number of benzene rings is 2. The fourth-order valence-electron chi connectivity index (χ4n) is 2.57. The summed E-state index contributed by atoms with van der Waals surface area (Å²) in [7, 11) is 0. The molecule has 1 unspecified atom stereocenters. The number of nitrogens with one attached hydrogen (secondary N) is 2. The first-order valence-corrected chi connectivity index (χ1v) is 11.0. The number of hydrogen-bond acceptors (Lipinski definition) is 6. The van der Waals surface area contributed by atoms with Gasteiger partial charge in [0, 0.05) is 11.3 Å². The third kappa shape index (κ3) is 6.13. The lowest BCUT2D eigenvalue weighted by Gasteiger charge is -2.21. The summed E-state index contributed by atoms with van der Waals surface area (Å²) in [5.74, 6) is 0.115. The molecule has 6 nitrogen and oxygen atoms in total. The molecule has 0 saturated heterocycles. The first-order valence-electron chi connectivity index (χ1n) is 9.20. The van der Waals surface area contributed by atoms with Crippen molar-refractivity contribution in [2.75, 3.05) is 5.32 Å². The van der Waals surface area contributed by atoms with Crippen molar-refractivity contribution in [2.24, 2.45) is 5.92 Å². The molecule has 2 amide bonds. The summed E-state index contributed by atoms with van der Waals surface area (Å²) in [5.41, 5.74) is 1.71. The number of carbonyl (C=O) groups is 2. The van der Waals surface area contributed by atoms with Crippen LogP contribution in [0.4, 0.5) is 5.13 Å². The Morgan fingerprint density at radius 1 is 1.00 bits per heavy atom. The van der Waals surface area contributed by atoms with Gasteiger partial charge in [0.1, 0.15) is 6.04 Å². The molecular formula is C21H22N4O2S2. The SMILES string of the molecule is CC(C)C(NC(=O)c1ccccc1)C(=O)Nc1nnc(SCc2ccccc2)s1. The van der Waals surface area contributed by atoms with E-state index in [2.05, 4.69) is 33.0 Å². The number of nitrogens with zero attached hydrogens (tertiary/aromatic N) is 2. The Balaban J connectivity index is 1.58. The summed E-state index contributed by atoms with van der Waals surface area (Å²) in [6.07, 6.45) is 0. The summed E-state index contributed by atoms with van der Waals surface area (Å²) in [5, 5.41) is 14.2. The van der Waals surface area contributed by atoms with E-state index in [1.54, 1.807) is 36.0 Å². The van der Waals surface area contributed by atoms with Gasteiger partial charge >= 0.3 is 0 Å². The number of rotatable bonds is 8. The Morgan fingerprint density at radius 2 is 1.66 bits per heavy atom. The van der Waals surface area contributed by atoms with Crippen LogP contribution in [0.2, 0.25) is 0 Å². The van der Waals surface area contributed by atoms with Crippen molar-refractivity contribution < 1.29 is 9.59 Å². The summed E-state index contributed by atoms with van der Waals surface area (Å²) >= 11 is 2.89. The van der Waals surface area contributed by atoms with Crippen LogP contribution < -0.4 is 10.6 Å². The number of thioether (sulfide) groups is 1. The highest BCUT2D eigenvalue weighted by Gasteiger charge is 2.25. The van der Waals surface area contributed by atoms with Gasteiger partial charge < -0.3 is 5.32 Å². The fourth-order valence-corrected chi connectivity index (χ4v) is 4.28. The van der Waals surface area contributed by atoms with Crippen LogP contribution in [0.3, 0.4) is 0 Å². The molecule has 0 saturated carbocycles. The second-order valence-electron chi connectivity index (χ2n) is 6.70. The molecule has 3 aromatic rings. The Bertz CT molecular complexity index is 946. The molecule has 150 valence electrons. The lowest BCUT2D eigenvalue weighted by Crippen LogP contribution is -2.47. The quantitative estimate of drug-likeness (QED) is 0.416. The topological polar surface area (TPSA) is 84.0 Å². The predicted molar refractivity (Wildman–Crippen MR) is 117 cm³/mol. The van der Waals surface area contributed by atoms with Crippen molar-refractivity contribution in [1.29, 1.82) is 0 Å². The zero-order valence-electron chi connectivity index (χ0n) is 16.2. The van der Waals surface area contributed by atoms with Gasteiger partial charge in [0.05, 0.1) is 0 Å². The normalized spacial score (nSPS) is 11.8. The Morgan fingerprint density at radius 3 is 2.31 bits per heavy atom. The van der Waals surface area contributed by atoms with E-state index in [1.807, 2.05) is 38.1 Å². The van der Waals surface area contributed by atoms with E-state index in [1.165, 1.54) is 16.9 Å². The van der Waals surface area contributed by atoms with E-state index in [-0.39, 0.29) is 17.7 Å². The Kier molecular flexibility index (Phi) is 7.37. The maximum atomic E-state index is 12.7. The van der Waals surface area contributed by atoms with Crippen molar-refractivity contribution in [1.82, 2.24) is 15.5 Å².